The second-order valence-corrected chi connectivity index (χ2v) is 10.0. The summed E-state index contributed by atoms with van der Waals surface area (Å²) in [5, 5.41) is 2.67. The highest BCUT2D eigenvalue weighted by molar-refractivity contribution is 7.91. The Hall–Kier alpha value is -2.55. The molecule has 1 amide bonds. The van der Waals surface area contributed by atoms with Crippen LogP contribution in [0.15, 0.2) is 64.9 Å². The van der Waals surface area contributed by atoms with E-state index in [2.05, 4.69) is 5.32 Å². The maximum absolute atomic E-state index is 13.3. The highest BCUT2D eigenvalue weighted by Crippen LogP contribution is 2.33. The lowest BCUT2D eigenvalue weighted by Gasteiger charge is -2.13. The first-order valence-corrected chi connectivity index (χ1v) is 11.5. The number of benzene rings is 2. The van der Waals surface area contributed by atoms with Gasteiger partial charge in [0.05, 0.1) is 0 Å². The van der Waals surface area contributed by atoms with Gasteiger partial charge in [-0.3, -0.25) is 4.79 Å². The lowest BCUT2D eigenvalue weighted by atomic mass is 10.1. The molecule has 0 saturated carbocycles. The third-order valence-electron chi connectivity index (χ3n) is 4.73. The Morgan fingerprint density at radius 3 is 2.52 bits per heavy atom. The van der Waals surface area contributed by atoms with Gasteiger partial charge in [0.15, 0.2) is 0 Å². The number of anilines is 1. The molecule has 1 aliphatic heterocycles. The summed E-state index contributed by atoms with van der Waals surface area (Å²) in [7, 11) is -3.46. The van der Waals surface area contributed by atoms with Crippen molar-refractivity contribution in [2.24, 2.45) is 0 Å². The molecule has 0 atom stereocenters. The van der Waals surface area contributed by atoms with Crippen molar-refractivity contribution >= 4 is 33.0 Å². The van der Waals surface area contributed by atoms with E-state index in [1.54, 1.807) is 36.4 Å². The number of sulfonamides is 1. The summed E-state index contributed by atoms with van der Waals surface area (Å²) in [4.78, 5) is 13.3. The van der Waals surface area contributed by atoms with Gasteiger partial charge in [-0.25, -0.2) is 12.8 Å². The number of thiophene rings is 1. The van der Waals surface area contributed by atoms with Crippen molar-refractivity contribution in [2.75, 3.05) is 18.4 Å². The Kier molecular flexibility index (Phi) is 5.49. The van der Waals surface area contributed by atoms with Gasteiger partial charge in [-0.05, 0) is 60.9 Å². The molecule has 0 radical (unpaired) electrons. The van der Waals surface area contributed by atoms with Crippen LogP contribution in [0.5, 0.6) is 0 Å². The average molecular weight is 431 g/mol. The molecule has 2 heterocycles. The first-order chi connectivity index (χ1) is 13.9. The third-order valence-corrected chi connectivity index (χ3v) is 8.23. The standard InChI is InChI=1S/C21H19FN2O3S2/c22-17-7-4-8-18(14-17)23-21(25)16-6-3-5-15(13-16)19-9-10-20(28-19)29(26,27)24-11-1-2-12-24/h3-10,13-14H,1-2,11-12H2,(H,23,25). The van der Waals surface area contributed by atoms with Crippen molar-refractivity contribution in [3.8, 4) is 10.4 Å². The second-order valence-electron chi connectivity index (χ2n) is 6.78. The molecule has 150 valence electrons. The number of rotatable bonds is 5. The molecular formula is C21H19FN2O3S2. The molecule has 1 saturated heterocycles. The monoisotopic (exact) mass is 430 g/mol. The van der Waals surface area contributed by atoms with Crippen LogP contribution in [0.4, 0.5) is 10.1 Å². The summed E-state index contributed by atoms with van der Waals surface area (Å²) in [6.07, 6.45) is 1.78. The molecule has 0 bridgehead atoms. The zero-order valence-corrected chi connectivity index (χ0v) is 17.1. The third kappa shape index (κ3) is 4.24. The van der Waals surface area contributed by atoms with Crippen LogP contribution in [-0.4, -0.2) is 31.7 Å². The first kappa shape index (κ1) is 19.8. The summed E-state index contributed by atoms with van der Waals surface area (Å²) in [6.45, 7) is 1.12. The Balaban J connectivity index is 1.56. The van der Waals surface area contributed by atoms with Gasteiger partial charge in [0.2, 0.25) is 0 Å². The fraction of sp³-hybridized carbons (Fsp3) is 0.190. The van der Waals surface area contributed by atoms with Gasteiger partial charge in [-0.2, -0.15) is 4.31 Å². The van der Waals surface area contributed by atoms with E-state index < -0.39 is 15.8 Å². The van der Waals surface area contributed by atoms with Gasteiger partial charge in [-0.1, -0.05) is 18.2 Å². The fourth-order valence-electron chi connectivity index (χ4n) is 3.25. The Bertz CT molecular complexity index is 1150. The molecule has 1 aromatic heterocycles. The number of carbonyl (C=O) groups excluding carboxylic acids is 1. The molecule has 4 rings (SSSR count). The highest BCUT2D eigenvalue weighted by Gasteiger charge is 2.28. The predicted octanol–water partition coefficient (Wildman–Crippen LogP) is 4.59. The molecule has 2 aromatic carbocycles. The molecule has 5 nitrogen and oxygen atoms in total. The van der Waals surface area contributed by atoms with Crippen LogP contribution >= 0.6 is 11.3 Å². The van der Waals surface area contributed by atoms with Crippen molar-refractivity contribution in [2.45, 2.75) is 17.1 Å². The van der Waals surface area contributed by atoms with E-state index >= 15 is 0 Å². The van der Waals surface area contributed by atoms with E-state index in [-0.39, 0.29) is 5.91 Å². The van der Waals surface area contributed by atoms with Crippen molar-refractivity contribution < 1.29 is 17.6 Å². The van der Waals surface area contributed by atoms with Crippen LogP contribution in [0.1, 0.15) is 23.2 Å². The quantitative estimate of drug-likeness (QED) is 0.644. The predicted molar refractivity (Wildman–Crippen MR) is 112 cm³/mol. The summed E-state index contributed by atoms with van der Waals surface area (Å²) in [5.74, 6) is -0.791. The maximum atomic E-state index is 13.3. The summed E-state index contributed by atoms with van der Waals surface area (Å²) in [6, 6.07) is 16.0. The van der Waals surface area contributed by atoms with Crippen molar-refractivity contribution in [3.05, 3.63) is 72.0 Å². The lowest BCUT2D eigenvalue weighted by molar-refractivity contribution is 0.102. The fourth-order valence-corrected chi connectivity index (χ4v) is 6.23. The van der Waals surface area contributed by atoms with Crippen LogP contribution in [0.25, 0.3) is 10.4 Å². The topological polar surface area (TPSA) is 66.5 Å². The second kappa shape index (κ2) is 8.06. The Morgan fingerprint density at radius 1 is 1.00 bits per heavy atom. The summed E-state index contributed by atoms with van der Waals surface area (Å²) < 4.78 is 40.6. The van der Waals surface area contributed by atoms with Crippen molar-refractivity contribution in [1.82, 2.24) is 4.31 Å². The molecule has 8 heteroatoms. The smallest absolute Gasteiger partial charge is 0.255 e. The van der Waals surface area contributed by atoms with E-state index in [1.807, 2.05) is 6.07 Å². The van der Waals surface area contributed by atoms with E-state index in [9.17, 15) is 17.6 Å². The Morgan fingerprint density at radius 2 is 1.76 bits per heavy atom. The number of hydrogen-bond donors (Lipinski definition) is 1. The number of nitrogens with zero attached hydrogens (tertiary/aromatic N) is 1. The number of halogens is 1. The van der Waals surface area contributed by atoms with E-state index in [1.165, 1.54) is 33.8 Å². The van der Waals surface area contributed by atoms with Crippen LogP contribution < -0.4 is 5.32 Å². The molecule has 1 aliphatic rings. The minimum Gasteiger partial charge on any atom is -0.322 e. The van der Waals surface area contributed by atoms with Gasteiger partial charge >= 0.3 is 0 Å². The zero-order valence-electron chi connectivity index (χ0n) is 15.5. The molecule has 1 N–H and O–H groups in total. The van der Waals surface area contributed by atoms with Crippen LogP contribution in [-0.2, 0) is 10.0 Å². The van der Waals surface area contributed by atoms with Gasteiger partial charge < -0.3 is 5.32 Å². The van der Waals surface area contributed by atoms with Gasteiger partial charge in [0.1, 0.15) is 10.0 Å². The molecule has 0 aliphatic carbocycles. The normalized spacial score (nSPS) is 14.8. The van der Waals surface area contributed by atoms with Gasteiger partial charge in [-0.15, -0.1) is 11.3 Å². The van der Waals surface area contributed by atoms with E-state index in [0.29, 0.717) is 28.5 Å². The molecule has 0 spiro atoms. The number of carbonyl (C=O) groups is 1. The average Bonchev–Trinajstić information content (AvgIpc) is 3.41. The van der Waals surface area contributed by atoms with Crippen LogP contribution in [0, 0.1) is 5.82 Å². The number of nitrogens with one attached hydrogen (secondary N) is 1. The Labute approximate surface area is 172 Å². The van der Waals surface area contributed by atoms with Gasteiger partial charge in [0, 0.05) is 29.2 Å². The highest BCUT2D eigenvalue weighted by atomic mass is 32.2. The zero-order chi connectivity index (χ0) is 20.4. The van der Waals surface area contributed by atoms with Crippen molar-refractivity contribution in [1.29, 1.82) is 0 Å². The van der Waals surface area contributed by atoms with E-state index in [0.717, 1.165) is 23.3 Å². The minimum atomic E-state index is -3.46. The molecule has 1 fully saturated rings. The molecule has 29 heavy (non-hydrogen) atoms. The molecular weight excluding hydrogens is 411 g/mol. The largest absolute Gasteiger partial charge is 0.322 e. The van der Waals surface area contributed by atoms with Crippen LogP contribution in [0.2, 0.25) is 0 Å². The number of hydrogen-bond acceptors (Lipinski definition) is 4. The first-order valence-electron chi connectivity index (χ1n) is 9.21. The minimum absolute atomic E-state index is 0.309. The summed E-state index contributed by atoms with van der Waals surface area (Å²) >= 11 is 1.20. The summed E-state index contributed by atoms with van der Waals surface area (Å²) in [5.41, 5.74) is 1.53. The van der Waals surface area contributed by atoms with E-state index in [4.69, 9.17) is 0 Å². The lowest BCUT2D eigenvalue weighted by Crippen LogP contribution is -2.27. The molecule has 0 unspecified atom stereocenters. The maximum Gasteiger partial charge on any atom is 0.255 e. The number of amides is 1. The van der Waals surface area contributed by atoms with Crippen molar-refractivity contribution in [3.63, 3.8) is 0 Å². The molecule has 3 aromatic rings. The van der Waals surface area contributed by atoms with Gasteiger partial charge in [0.25, 0.3) is 15.9 Å². The van der Waals surface area contributed by atoms with Crippen LogP contribution in [0.3, 0.4) is 0 Å². The SMILES string of the molecule is O=C(Nc1cccc(F)c1)c1cccc(-c2ccc(S(=O)(=O)N3CCCC3)s2)c1.